The second kappa shape index (κ2) is 12.7. The average Bonchev–Trinajstić information content (AvgIpc) is 2.82. The predicted molar refractivity (Wildman–Crippen MR) is 121 cm³/mol. The Morgan fingerprint density at radius 1 is 1.00 bits per heavy atom. The van der Waals surface area contributed by atoms with E-state index >= 15 is 0 Å². The number of nitrogens with zero attached hydrogens (tertiary/aromatic N) is 1. The van der Waals surface area contributed by atoms with Gasteiger partial charge in [-0.05, 0) is 42.5 Å². The molecular weight excluding hydrogens is 431 g/mol. The molecule has 1 N–H and O–H groups in total. The van der Waals surface area contributed by atoms with Crippen molar-refractivity contribution in [3.05, 3.63) is 79.2 Å². The number of ether oxygens (including phenoxy) is 3. The van der Waals surface area contributed by atoms with Gasteiger partial charge in [-0.2, -0.15) is 0 Å². The van der Waals surface area contributed by atoms with E-state index in [0.717, 1.165) is 0 Å². The van der Waals surface area contributed by atoms with Crippen molar-refractivity contribution in [1.82, 2.24) is 4.90 Å². The van der Waals surface area contributed by atoms with Crippen molar-refractivity contribution < 1.29 is 33.0 Å². The second-order valence-corrected chi connectivity index (χ2v) is 6.66. The molecule has 0 aromatic heterocycles. The number of nitrogens with one attached hydrogen (secondary N) is 1. The van der Waals surface area contributed by atoms with Crippen LogP contribution in [0.5, 0.6) is 11.5 Å². The molecule has 0 aliphatic rings. The minimum absolute atomic E-state index is 0.141. The fraction of sp³-hybridized carbons (Fsp3) is 0.208. The number of esters is 1. The fourth-order valence-corrected chi connectivity index (χ4v) is 2.68. The third-order valence-corrected chi connectivity index (χ3v) is 4.26. The monoisotopic (exact) mass is 456 g/mol. The van der Waals surface area contributed by atoms with Crippen LogP contribution in [0.15, 0.2) is 67.8 Å². The lowest BCUT2D eigenvalue weighted by Gasteiger charge is -2.19. The number of halogens is 1. The van der Waals surface area contributed by atoms with Gasteiger partial charge in [-0.3, -0.25) is 9.59 Å². The minimum Gasteiger partial charge on any atom is -0.493 e. The van der Waals surface area contributed by atoms with Gasteiger partial charge in [0.2, 0.25) is 0 Å². The minimum atomic E-state index is -0.723. The number of hydrogen-bond acceptors (Lipinski definition) is 6. The van der Waals surface area contributed by atoms with Gasteiger partial charge in [0, 0.05) is 18.8 Å². The van der Waals surface area contributed by atoms with Gasteiger partial charge in [0.1, 0.15) is 5.82 Å². The number of methoxy groups -OCH3 is 1. The van der Waals surface area contributed by atoms with Crippen LogP contribution in [-0.4, -0.2) is 56.1 Å². The molecule has 2 aromatic carbocycles. The van der Waals surface area contributed by atoms with Gasteiger partial charge in [0.05, 0.1) is 12.7 Å². The SMILES string of the molecule is C=CCN(CC=C)C(=O)COC(=O)c1ccc(OCC(=O)Nc2ccc(F)cc2)c(OC)c1. The first-order valence-electron chi connectivity index (χ1n) is 9.90. The molecule has 0 aliphatic carbocycles. The molecule has 9 heteroatoms. The summed E-state index contributed by atoms with van der Waals surface area (Å²) >= 11 is 0. The van der Waals surface area contributed by atoms with E-state index in [-0.39, 0.29) is 29.6 Å². The van der Waals surface area contributed by atoms with Crippen molar-refractivity contribution in [2.45, 2.75) is 0 Å². The number of benzene rings is 2. The van der Waals surface area contributed by atoms with Crippen LogP contribution in [0.3, 0.4) is 0 Å². The Morgan fingerprint density at radius 3 is 2.27 bits per heavy atom. The Hall–Kier alpha value is -4.14. The second-order valence-electron chi connectivity index (χ2n) is 6.66. The Kier molecular flexibility index (Phi) is 9.63. The molecule has 0 fully saturated rings. The Labute approximate surface area is 191 Å². The van der Waals surface area contributed by atoms with Crippen molar-refractivity contribution in [3.8, 4) is 11.5 Å². The molecule has 0 aliphatic heterocycles. The van der Waals surface area contributed by atoms with Crippen LogP contribution < -0.4 is 14.8 Å². The number of amides is 2. The molecule has 0 atom stereocenters. The van der Waals surface area contributed by atoms with Gasteiger partial charge >= 0.3 is 5.97 Å². The van der Waals surface area contributed by atoms with E-state index < -0.39 is 24.3 Å². The highest BCUT2D eigenvalue weighted by molar-refractivity contribution is 5.93. The maximum absolute atomic E-state index is 12.9. The standard InChI is InChI=1S/C24H25FN2O6/c1-4-12-27(13-5-2)23(29)16-33-24(30)17-6-11-20(21(14-17)31-3)32-15-22(28)26-19-9-7-18(25)8-10-19/h4-11,14H,1-2,12-13,15-16H2,3H3,(H,26,28). The van der Waals surface area contributed by atoms with Crippen LogP contribution in [0, 0.1) is 5.82 Å². The zero-order valence-electron chi connectivity index (χ0n) is 18.2. The Balaban J connectivity index is 1.94. The van der Waals surface area contributed by atoms with E-state index in [1.165, 1.54) is 54.5 Å². The van der Waals surface area contributed by atoms with Crippen molar-refractivity contribution in [2.75, 3.05) is 38.7 Å². The summed E-state index contributed by atoms with van der Waals surface area (Å²) in [6.07, 6.45) is 3.12. The van der Waals surface area contributed by atoms with Crippen LogP contribution in [-0.2, 0) is 14.3 Å². The summed E-state index contributed by atoms with van der Waals surface area (Å²) in [6, 6.07) is 9.55. The first-order chi connectivity index (χ1) is 15.9. The van der Waals surface area contributed by atoms with Gasteiger partial charge in [-0.1, -0.05) is 12.2 Å². The third-order valence-electron chi connectivity index (χ3n) is 4.26. The summed E-state index contributed by atoms with van der Waals surface area (Å²) in [7, 11) is 1.38. The highest BCUT2D eigenvalue weighted by atomic mass is 19.1. The number of hydrogen-bond donors (Lipinski definition) is 1. The lowest BCUT2D eigenvalue weighted by atomic mass is 10.2. The fourth-order valence-electron chi connectivity index (χ4n) is 2.68. The lowest BCUT2D eigenvalue weighted by molar-refractivity contribution is -0.133. The molecule has 0 heterocycles. The highest BCUT2D eigenvalue weighted by Gasteiger charge is 2.17. The van der Waals surface area contributed by atoms with Crippen LogP contribution in [0.2, 0.25) is 0 Å². The molecule has 0 unspecified atom stereocenters. The maximum Gasteiger partial charge on any atom is 0.338 e. The molecule has 2 aromatic rings. The van der Waals surface area contributed by atoms with E-state index in [1.807, 2.05) is 0 Å². The first-order valence-corrected chi connectivity index (χ1v) is 9.90. The van der Waals surface area contributed by atoms with E-state index in [1.54, 1.807) is 12.2 Å². The Morgan fingerprint density at radius 2 is 1.67 bits per heavy atom. The van der Waals surface area contributed by atoms with Gasteiger partial charge in [0.25, 0.3) is 11.8 Å². The summed E-state index contributed by atoms with van der Waals surface area (Å²) in [4.78, 5) is 38.0. The van der Waals surface area contributed by atoms with Gasteiger partial charge in [0.15, 0.2) is 24.7 Å². The largest absolute Gasteiger partial charge is 0.493 e. The third kappa shape index (κ3) is 7.80. The Bertz CT molecular complexity index is 997. The van der Waals surface area contributed by atoms with E-state index in [0.29, 0.717) is 18.8 Å². The van der Waals surface area contributed by atoms with Crippen LogP contribution in [0.1, 0.15) is 10.4 Å². The van der Waals surface area contributed by atoms with Crippen molar-refractivity contribution >= 4 is 23.5 Å². The zero-order valence-corrected chi connectivity index (χ0v) is 18.2. The summed E-state index contributed by atoms with van der Waals surface area (Å²) in [5.74, 6) is -1.56. The molecule has 33 heavy (non-hydrogen) atoms. The van der Waals surface area contributed by atoms with Crippen molar-refractivity contribution in [3.63, 3.8) is 0 Å². The molecule has 0 spiro atoms. The zero-order chi connectivity index (χ0) is 24.2. The average molecular weight is 456 g/mol. The predicted octanol–water partition coefficient (Wildman–Crippen LogP) is 3.21. The quantitative estimate of drug-likeness (QED) is 0.389. The van der Waals surface area contributed by atoms with Gasteiger partial charge in [-0.25, -0.2) is 9.18 Å². The van der Waals surface area contributed by atoms with Crippen LogP contribution >= 0.6 is 0 Å². The molecule has 174 valence electrons. The van der Waals surface area contributed by atoms with Crippen molar-refractivity contribution in [1.29, 1.82) is 0 Å². The first kappa shape index (κ1) is 25.1. The summed E-state index contributed by atoms with van der Waals surface area (Å²) in [5, 5.41) is 2.57. The molecular formula is C24H25FN2O6. The summed E-state index contributed by atoms with van der Waals surface area (Å²) in [6.45, 7) is 7.00. The smallest absolute Gasteiger partial charge is 0.338 e. The summed E-state index contributed by atoms with van der Waals surface area (Å²) < 4.78 is 28.7. The van der Waals surface area contributed by atoms with E-state index in [9.17, 15) is 18.8 Å². The van der Waals surface area contributed by atoms with Crippen LogP contribution in [0.4, 0.5) is 10.1 Å². The number of rotatable bonds is 12. The number of carbonyl (C=O) groups excluding carboxylic acids is 3. The van der Waals surface area contributed by atoms with E-state index in [4.69, 9.17) is 14.2 Å². The van der Waals surface area contributed by atoms with Gasteiger partial charge in [-0.15, -0.1) is 13.2 Å². The molecule has 0 saturated carbocycles. The van der Waals surface area contributed by atoms with Crippen LogP contribution in [0.25, 0.3) is 0 Å². The summed E-state index contributed by atoms with van der Waals surface area (Å²) in [5.41, 5.74) is 0.561. The van der Waals surface area contributed by atoms with Crippen molar-refractivity contribution in [2.24, 2.45) is 0 Å². The topological polar surface area (TPSA) is 94.2 Å². The highest BCUT2D eigenvalue weighted by Crippen LogP contribution is 2.28. The molecule has 8 nitrogen and oxygen atoms in total. The lowest BCUT2D eigenvalue weighted by Crippen LogP contribution is -2.35. The molecule has 0 bridgehead atoms. The molecule has 0 radical (unpaired) electrons. The maximum atomic E-state index is 12.9. The number of carbonyl (C=O) groups is 3. The normalized spacial score (nSPS) is 10.0. The molecule has 0 saturated heterocycles. The molecule has 2 rings (SSSR count). The van der Waals surface area contributed by atoms with Gasteiger partial charge < -0.3 is 24.4 Å². The number of anilines is 1. The van der Waals surface area contributed by atoms with E-state index in [2.05, 4.69) is 18.5 Å². The molecule has 2 amide bonds.